The van der Waals surface area contributed by atoms with Crippen LogP contribution in [0.1, 0.15) is 35.2 Å². The second-order valence-electron chi connectivity index (χ2n) is 4.38. The SMILES string of the molecule is CCN(C)C(=O)CNC(C)c1cc(C)sc1C. The van der Waals surface area contributed by atoms with E-state index < -0.39 is 0 Å². The van der Waals surface area contributed by atoms with E-state index in [0.717, 1.165) is 6.54 Å². The van der Waals surface area contributed by atoms with Crippen LogP contribution in [0.2, 0.25) is 0 Å². The summed E-state index contributed by atoms with van der Waals surface area (Å²) < 4.78 is 0. The third kappa shape index (κ3) is 3.82. The molecule has 0 spiro atoms. The molecule has 17 heavy (non-hydrogen) atoms. The van der Waals surface area contributed by atoms with E-state index in [4.69, 9.17) is 0 Å². The molecule has 4 heteroatoms. The van der Waals surface area contributed by atoms with E-state index in [1.165, 1.54) is 15.3 Å². The molecule has 0 aliphatic carbocycles. The van der Waals surface area contributed by atoms with Crippen LogP contribution < -0.4 is 5.32 Å². The molecule has 1 amide bonds. The van der Waals surface area contributed by atoms with Gasteiger partial charge in [0, 0.05) is 29.4 Å². The third-order valence-electron chi connectivity index (χ3n) is 3.01. The highest BCUT2D eigenvalue weighted by Gasteiger charge is 2.13. The standard InChI is InChI=1S/C13H22N2OS/c1-6-15(5)13(16)8-14-10(3)12-7-9(2)17-11(12)4/h7,10,14H,6,8H2,1-5H3. The Labute approximate surface area is 108 Å². The lowest BCUT2D eigenvalue weighted by Gasteiger charge is -2.18. The zero-order valence-corrected chi connectivity index (χ0v) is 12.1. The lowest BCUT2D eigenvalue weighted by molar-refractivity contribution is -0.128. The molecule has 3 nitrogen and oxygen atoms in total. The van der Waals surface area contributed by atoms with Crippen LogP contribution >= 0.6 is 11.3 Å². The number of amides is 1. The summed E-state index contributed by atoms with van der Waals surface area (Å²) in [6, 6.07) is 2.43. The molecule has 0 bridgehead atoms. The maximum Gasteiger partial charge on any atom is 0.236 e. The van der Waals surface area contributed by atoms with Crippen LogP contribution in [-0.2, 0) is 4.79 Å². The molecular weight excluding hydrogens is 232 g/mol. The minimum Gasteiger partial charge on any atom is -0.345 e. The van der Waals surface area contributed by atoms with Gasteiger partial charge in [0.2, 0.25) is 5.91 Å². The number of rotatable bonds is 5. The number of thiophene rings is 1. The van der Waals surface area contributed by atoms with Crippen LogP contribution in [0.25, 0.3) is 0 Å². The molecule has 1 aromatic rings. The molecule has 1 rings (SSSR count). The third-order valence-corrected chi connectivity index (χ3v) is 3.99. The Balaban J connectivity index is 2.53. The second kappa shape index (κ2) is 6.17. The highest BCUT2D eigenvalue weighted by molar-refractivity contribution is 7.12. The molecule has 1 aromatic heterocycles. The fourth-order valence-electron chi connectivity index (χ4n) is 1.74. The number of aryl methyl sites for hydroxylation is 2. The summed E-state index contributed by atoms with van der Waals surface area (Å²) in [5, 5.41) is 3.28. The Morgan fingerprint density at radius 3 is 2.65 bits per heavy atom. The average Bonchev–Trinajstić information content (AvgIpc) is 2.63. The predicted octanol–water partition coefficient (Wildman–Crippen LogP) is 2.49. The van der Waals surface area contributed by atoms with Gasteiger partial charge in [-0.15, -0.1) is 11.3 Å². The molecule has 96 valence electrons. The van der Waals surface area contributed by atoms with Crippen LogP contribution in [0.4, 0.5) is 0 Å². The number of likely N-dealkylation sites (N-methyl/N-ethyl adjacent to an activating group) is 1. The van der Waals surface area contributed by atoms with E-state index in [1.807, 2.05) is 25.3 Å². The van der Waals surface area contributed by atoms with Gasteiger partial charge < -0.3 is 10.2 Å². The topological polar surface area (TPSA) is 32.3 Å². The quantitative estimate of drug-likeness (QED) is 0.875. The van der Waals surface area contributed by atoms with E-state index >= 15 is 0 Å². The van der Waals surface area contributed by atoms with Crippen LogP contribution in [0, 0.1) is 13.8 Å². The van der Waals surface area contributed by atoms with Crippen molar-refractivity contribution in [1.29, 1.82) is 0 Å². The van der Waals surface area contributed by atoms with Crippen LogP contribution in [0.15, 0.2) is 6.07 Å². The largest absolute Gasteiger partial charge is 0.345 e. The van der Waals surface area contributed by atoms with Crippen molar-refractivity contribution in [1.82, 2.24) is 10.2 Å². The molecule has 1 unspecified atom stereocenters. The van der Waals surface area contributed by atoms with Crippen molar-refractivity contribution < 1.29 is 4.79 Å². The maximum atomic E-state index is 11.7. The zero-order valence-electron chi connectivity index (χ0n) is 11.3. The fourth-order valence-corrected chi connectivity index (χ4v) is 2.76. The number of carbonyl (C=O) groups is 1. The van der Waals surface area contributed by atoms with Gasteiger partial charge in [0.15, 0.2) is 0 Å². The van der Waals surface area contributed by atoms with Crippen molar-refractivity contribution in [2.24, 2.45) is 0 Å². The smallest absolute Gasteiger partial charge is 0.236 e. The molecule has 0 saturated carbocycles. The van der Waals surface area contributed by atoms with Gasteiger partial charge in [0.25, 0.3) is 0 Å². The highest BCUT2D eigenvalue weighted by atomic mass is 32.1. The summed E-state index contributed by atoms with van der Waals surface area (Å²) in [7, 11) is 1.83. The molecule has 0 aliphatic heterocycles. The van der Waals surface area contributed by atoms with Crippen molar-refractivity contribution >= 4 is 17.2 Å². The lowest BCUT2D eigenvalue weighted by Crippen LogP contribution is -2.36. The number of hydrogen-bond acceptors (Lipinski definition) is 3. The van der Waals surface area contributed by atoms with Gasteiger partial charge >= 0.3 is 0 Å². The van der Waals surface area contributed by atoms with Gasteiger partial charge in [-0.05, 0) is 39.3 Å². The van der Waals surface area contributed by atoms with Gasteiger partial charge in [0.1, 0.15) is 0 Å². The van der Waals surface area contributed by atoms with Crippen LogP contribution in [0.5, 0.6) is 0 Å². The summed E-state index contributed by atoms with van der Waals surface area (Å²) >= 11 is 1.81. The fraction of sp³-hybridized carbons (Fsp3) is 0.615. The highest BCUT2D eigenvalue weighted by Crippen LogP contribution is 2.25. The van der Waals surface area contributed by atoms with Gasteiger partial charge in [-0.3, -0.25) is 4.79 Å². The van der Waals surface area contributed by atoms with Gasteiger partial charge in [-0.2, -0.15) is 0 Å². The Morgan fingerprint density at radius 2 is 2.18 bits per heavy atom. The molecule has 1 heterocycles. The van der Waals surface area contributed by atoms with Crippen LogP contribution in [0.3, 0.4) is 0 Å². The molecule has 1 N–H and O–H groups in total. The number of hydrogen-bond donors (Lipinski definition) is 1. The van der Waals surface area contributed by atoms with E-state index in [0.29, 0.717) is 6.54 Å². The number of carbonyl (C=O) groups excluding carboxylic acids is 1. The first-order chi connectivity index (χ1) is 7.95. The maximum absolute atomic E-state index is 11.7. The Bertz CT molecular complexity index is 387. The molecular formula is C13H22N2OS. The first kappa shape index (κ1) is 14.2. The summed E-state index contributed by atoms with van der Waals surface area (Å²) in [4.78, 5) is 16.0. The Morgan fingerprint density at radius 1 is 1.53 bits per heavy atom. The molecule has 0 aliphatic rings. The van der Waals surface area contributed by atoms with E-state index in [-0.39, 0.29) is 11.9 Å². The van der Waals surface area contributed by atoms with Crippen molar-refractivity contribution in [2.75, 3.05) is 20.1 Å². The van der Waals surface area contributed by atoms with E-state index in [9.17, 15) is 4.79 Å². The van der Waals surface area contributed by atoms with Crippen molar-refractivity contribution in [3.63, 3.8) is 0 Å². The molecule has 0 aromatic carbocycles. The lowest BCUT2D eigenvalue weighted by atomic mass is 10.1. The van der Waals surface area contributed by atoms with Gasteiger partial charge in [-0.25, -0.2) is 0 Å². The first-order valence-electron chi connectivity index (χ1n) is 6.00. The first-order valence-corrected chi connectivity index (χ1v) is 6.81. The second-order valence-corrected chi connectivity index (χ2v) is 5.84. The Kier molecular flexibility index (Phi) is 5.15. The predicted molar refractivity (Wildman–Crippen MR) is 73.5 cm³/mol. The minimum absolute atomic E-state index is 0.143. The van der Waals surface area contributed by atoms with Crippen molar-refractivity contribution in [2.45, 2.75) is 33.7 Å². The summed E-state index contributed by atoms with van der Waals surface area (Å²) in [6.07, 6.45) is 0. The zero-order chi connectivity index (χ0) is 13.0. The molecule has 0 radical (unpaired) electrons. The molecule has 0 saturated heterocycles. The average molecular weight is 254 g/mol. The van der Waals surface area contributed by atoms with E-state index in [1.54, 1.807) is 4.90 Å². The normalized spacial score (nSPS) is 12.5. The molecule has 1 atom stereocenters. The summed E-state index contributed by atoms with van der Waals surface area (Å²) in [5.41, 5.74) is 1.31. The van der Waals surface area contributed by atoms with Crippen molar-refractivity contribution in [3.05, 3.63) is 21.4 Å². The number of nitrogens with zero attached hydrogens (tertiary/aromatic N) is 1. The monoisotopic (exact) mass is 254 g/mol. The van der Waals surface area contributed by atoms with E-state index in [2.05, 4.69) is 32.2 Å². The Hall–Kier alpha value is -0.870. The summed E-state index contributed by atoms with van der Waals surface area (Å²) in [5.74, 6) is 0.143. The minimum atomic E-state index is 0.143. The van der Waals surface area contributed by atoms with Crippen LogP contribution in [-0.4, -0.2) is 30.9 Å². The number of nitrogens with one attached hydrogen (secondary N) is 1. The molecule has 0 fully saturated rings. The van der Waals surface area contributed by atoms with Gasteiger partial charge in [-0.1, -0.05) is 0 Å². The summed E-state index contributed by atoms with van der Waals surface area (Å²) in [6.45, 7) is 9.49. The van der Waals surface area contributed by atoms with Crippen molar-refractivity contribution in [3.8, 4) is 0 Å². The van der Waals surface area contributed by atoms with Gasteiger partial charge in [0.05, 0.1) is 6.54 Å².